The molecule has 0 spiro atoms. The number of aromatic carboxylic acids is 1. The zero-order valence-electron chi connectivity index (χ0n) is 12.6. The predicted octanol–water partition coefficient (Wildman–Crippen LogP) is 0.732. The molecule has 2 aromatic rings. The lowest BCUT2D eigenvalue weighted by Crippen LogP contribution is -2.44. The third-order valence-corrected chi connectivity index (χ3v) is 4.04. The minimum absolute atomic E-state index is 0.0174. The zero-order chi connectivity index (χ0) is 16.6. The first-order valence-corrected chi connectivity index (χ1v) is 7.47. The summed E-state index contributed by atoms with van der Waals surface area (Å²) >= 11 is 0. The molecule has 0 unspecified atom stereocenters. The Hall–Kier alpha value is -2.48. The standard InChI is InChI=1S/C15H17FN4O3/c1-2-8-10-12(21)9(15(22)23)7-18-13(10)19-14(11(8)16)20-5-3-17-4-6-20/h7,17H,2-6H2,1H3,(H,22,23)(H,18,19,21). The molecule has 2 aromatic heterocycles. The minimum atomic E-state index is -1.35. The van der Waals surface area contributed by atoms with Gasteiger partial charge in [-0.1, -0.05) is 6.92 Å². The van der Waals surface area contributed by atoms with Crippen LogP contribution in [0, 0.1) is 5.82 Å². The van der Waals surface area contributed by atoms with Crippen LogP contribution in [0.25, 0.3) is 11.0 Å². The van der Waals surface area contributed by atoms with Gasteiger partial charge in [-0.2, -0.15) is 0 Å². The number of halogens is 1. The Morgan fingerprint density at radius 1 is 1.43 bits per heavy atom. The highest BCUT2D eigenvalue weighted by molar-refractivity contribution is 5.92. The van der Waals surface area contributed by atoms with Crippen LogP contribution < -0.4 is 15.6 Å². The van der Waals surface area contributed by atoms with Gasteiger partial charge in [0, 0.05) is 37.9 Å². The fraction of sp³-hybridized carbons (Fsp3) is 0.400. The molecule has 1 aliphatic rings. The van der Waals surface area contributed by atoms with E-state index in [1.54, 1.807) is 6.92 Å². The number of carboxylic acid groups (broad SMARTS) is 1. The predicted molar refractivity (Wildman–Crippen MR) is 83.7 cm³/mol. The van der Waals surface area contributed by atoms with Crippen molar-refractivity contribution < 1.29 is 14.3 Å². The van der Waals surface area contributed by atoms with Crippen molar-refractivity contribution in [2.75, 3.05) is 31.1 Å². The summed E-state index contributed by atoms with van der Waals surface area (Å²) in [4.78, 5) is 32.3. The molecule has 1 fully saturated rings. The van der Waals surface area contributed by atoms with Crippen molar-refractivity contribution in [2.45, 2.75) is 13.3 Å². The van der Waals surface area contributed by atoms with Gasteiger partial charge < -0.3 is 20.3 Å². The monoisotopic (exact) mass is 320 g/mol. The Bertz CT molecular complexity index is 828. The van der Waals surface area contributed by atoms with E-state index in [2.05, 4.69) is 15.3 Å². The Kier molecular flexibility index (Phi) is 3.99. The van der Waals surface area contributed by atoms with E-state index in [-0.39, 0.29) is 28.8 Å². The van der Waals surface area contributed by atoms with E-state index in [0.717, 1.165) is 19.3 Å². The smallest absolute Gasteiger partial charge is 0.341 e. The summed E-state index contributed by atoms with van der Waals surface area (Å²) in [6.07, 6.45) is 1.38. The fourth-order valence-electron chi connectivity index (χ4n) is 2.87. The normalized spacial score (nSPS) is 15.1. The number of aromatic amines is 1. The molecule has 0 atom stereocenters. The van der Waals surface area contributed by atoms with Crippen LogP contribution in [0.3, 0.4) is 0 Å². The van der Waals surface area contributed by atoms with Crippen molar-refractivity contribution in [3.8, 4) is 0 Å². The van der Waals surface area contributed by atoms with Crippen molar-refractivity contribution in [1.29, 1.82) is 0 Å². The summed E-state index contributed by atoms with van der Waals surface area (Å²) in [5.74, 6) is -1.69. The van der Waals surface area contributed by atoms with Crippen LogP contribution in [0.2, 0.25) is 0 Å². The molecule has 0 amide bonds. The third-order valence-electron chi connectivity index (χ3n) is 4.04. The fourth-order valence-corrected chi connectivity index (χ4v) is 2.87. The molecule has 3 heterocycles. The maximum atomic E-state index is 14.9. The number of nitrogens with zero attached hydrogens (tertiary/aromatic N) is 2. The molecule has 0 radical (unpaired) electrons. The van der Waals surface area contributed by atoms with E-state index in [4.69, 9.17) is 5.11 Å². The second-order valence-electron chi connectivity index (χ2n) is 5.38. The molecule has 7 nitrogen and oxygen atoms in total. The number of rotatable bonds is 3. The summed E-state index contributed by atoms with van der Waals surface area (Å²) in [6, 6.07) is 0. The number of pyridine rings is 2. The van der Waals surface area contributed by atoms with Gasteiger partial charge in [0.15, 0.2) is 11.6 Å². The highest BCUT2D eigenvalue weighted by atomic mass is 19.1. The molecule has 1 saturated heterocycles. The summed E-state index contributed by atoms with van der Waals surface area (Å²) in [6.45, 7) is 4.43. The van der Waals surface area contributed by atoms with Crippen LogP contribution in [-0.2, 0) is 6.42 Å². The Morgan fingerprint density at radius 3 is 2.74 bits per heavy atom. The number of hydrogen-bond acceptors (Lipinski definition) is 5. The van der Waals surface area contributed by atoms with Crippen LogP contribution >= 0.6 is 0 Å². The molecule has 122 valence electrons. The van der Waals surface area contributed by atoms with Crippen molar-refractivity contribution in [3.63, 3.8) is 0 Å². The van der Waals surface area contributed by atoms with Crippen molar-refractivity contribution >= 4 is 22.8 Å². The van der Waals surface area contributed by atoms with Gasteiger partial charge in [0.2, 0.25) is 5.43 Å². The number of aryl methyl sites for hydroxylation is 1. The summed E-state index contributed by atoms with van der Waals surface area (Å²) in [5, 5.41) is 12.3. The molecule has 3 rings (SSSR count). The molecule has 8 heteroatoms. The van der Waals surface area contributed by atoms with Crippen LogP contribution in [0.15, 0.2) is 11.0 Å². The maximum absolute atomic E-state index is 14.9. The van der Waals surface area contributed by atoms with Gasteiger partial charge >= 0.3 is 5.97 Å². The number of carbonyl (C=O) groups is 1. The number of aromatic nitrogens is 2. The summed E-state index contributed by atoms with van der Waals surface area (Å²) < 4.78 is 14.9. The van der Waals surface area contributed by atoms with E-state index in [1.807, 2.05) is 4.90 Å². The quantitative estimate of drug-likeness (QED) is 0.771. The first-order chi connectivity index (χ1) is 11.0. The molecule has 0 aliphatic carbocycles. The van der Waals surface area contributed by atoms with Gasteiger partial charge in [-0.05, 0) is 6.42 Å². The van der Waals surface area contributed by atoms with Gasteiger partial charge in [0.05, 0.1) is 5.39 Å². The summed E-state index contributed by atoms with van der Waals surface area (Å²) in [5.41, 5.74) is -0.704. The summed E-state index contributed by atoms with van der Waals surface area (Å²) in [7, 11) is 0. The number of fused-ring (bicyclic) bond motifs is 1. The Balaban J connectivity index is 2.27. The Morgan fingerprint density at radius 2 is 2.13 bits per heavy atom. The number of nitrogens with one attached hydrogen (secondary N) is 2. The molecule has 23 heavy (non-hydrogen) atoms. The first kappa shape index (κ1) is 15.4. The number of piperazine rings is 1. The topological polar surface area (TPSA) is 98.3 Å². The lowest BCUT2D eigenvalue weighted by Gasteiger charge is -2.29. The second kappa shape index (κ2) is 5.96. The molecular weight excluding hydrogens is 303 g/mol. The van der Waals surface area contributed by atoms with Crippen LogP contribution in [-0.4, -0.2) is 47.2 Å². The second-order valence-corrected chi connectivity index (χ2v) is 5.38. The largest absolute Gasteiger partial charge is 0.477 e. The molecule has 0 bridgehead atoms. The van der Waals surface area contributed by atoms with Gasteiger partial charge in [0.1, 0.15) is 11.2 Å². The zero-order valence-corrected chi connectivity index (χ0v) is 12.6. The lowest BCUT2D eigenvalue weighted by atomic mass is 10.1. The minimum Gasteiger partial charge on any atom is -0.477 e. The average molecular weight is 320 g/mol. The highest BCUT2D eigenvalue weighted by Gasteiger charge is 2.23. The molecule has 0 saturated carbocycles. The van der Waals surface area contributed by atoms with E-state index in [9.17, 15) is 14.0 Å². The highest BCUT2D eigenvalue weighted by Crippen LogP contribution is 2.26. The number of H-pyrrole nitrogens is 1. The van der Waals surface area contributed by atoms with Gasteiger partial charge in [-0.3, -0.25) is 4.79 Å². The average Bonchev–Trinajstić information content (AvgIpc) is 2.55. The molecule has 0 aromatic carbocycles. The van der Waals surface area contributed by atoms with Crippen molar-refractivity contribution in [3.05, 3.63) is 33.4 Å². The van der Waals surface area contributed by atoms with Crippen LogP contribution in [0.1, 0.15) is 22.8 Å². The first-order valence-electron chi connectivity index (χ1n) is 7.47. The number of anilines is 1. The van der Waals surface area contributed by atoms with E-state index < -0.39 is 22.8 Å². The van der Waals surface area contributed by atoms with Gasteiger partial charge in [-0.25, -0.2) is 14.2 Å². The lowest BCUT2D eigenvalue weighted by molar-refractivity contribution is 0.0695. The Labute approximate surface area is 131 Å². The van der Waals surface area contributed by atoms with Crippen molar-refractivity contribution in [2.24, 2.45) is 0 Å². The molecule has 3 N–H and O–H groups in total. The van der Waals surface area contributed by atoms with E-state index >= 15 is 0 Å². The van der Waals surface area contributed by atoms with E-state index in [0.29, 0.717) is 13.1 Å². The maximum Gasteiger partial charge on any atom is 0.341 e. The SMILES string of the molecule is CCc1c(F)c(N2CCNCC2)nc2[nH]cc(C(=O)O)c(=O)c12. The third kappa shape index (κ3) is 2.55. The van der Waals surface area contributed by atoms with Crippen LogP contribution in [0.5, 0.6) is 0 Å². The van der Waals surface area contributed by atoms with Crippen LogP contribution in [0.4, 0.5) is 10.2 Å². The molecular formula is C15H17FN4O3. The van der Waals surface area contributed by atoms with Gasteiger partial charge in [-0.15, -0.1) is 0 Å². The number of carboxylic acids is 1. The van der Waals surface area contributed by atoms with Gasteiger partial charge in [0.25, 0.3) is 0 Å². The molecule has 1 aliphatic heterocycles. The van der Waals surface area contributed by atoms with E-state index in [1.165, 1.54) is 0 Å². The van der Waals surface area contributed by atoms with Crippen molar-refractivity contribution in [1.82, 2.24) is 15.3 Å². The number of hydrogen-bond donors (Lipinski definition) is 3.